The highest BCUT2D eigenvalue weighted by atomic mass is 32.2. The molecular weight excluding hydrogens is 360 g/mol. The smallest absolute Gasteiger partial charge is 0.237 e. The molecule has 1 N–H and O–H groups in total. The van der Waals surface area contributed by atoms with Crippen LogP contribution in [0.2, 0.25) is 0 Å². The van der Waals surface area contributed by atoms with Gasteiger partial charge >= 0.3 is 0 Å². The summed E-state index contributed by atoms with van der Waals surface area (Å²) in [6.45, 7) is 4.63. The van der Waals surface area contributed by atoms with Gasteiger partial charge in [0.05, 0.1) is 12.4 Å². The second kappa shape index (κ2) is 8.73. The Hall–Kier alpha value is -2.80. The fraction of sp³-hybridized carbons (Fsp3) is 0.250. The Morgan fingerprint density at radius 1 is 1.19 bits per heavy atom. The van der Waals surface area contributed by atoms with E-state index >= 15 is 0 Å². The van der Waals surface area contributed by atoms with Crippen LogP contribution in [0.5, 0.6) is 5.75 Å². The zero-order valence-corrected chi connectivity index (χ0v) is 16.4. The van der Waals surface area contributed by atoms with E-state index in [1.54, 1.807) is 13.2 Å². The van der Waals surface area contributed by atoms with Crippen molar-refractivity contribution < 1.29 is 9.53 Å². The van der Waals surface area contributed by atoms with Crippen molar-refractivity contribution in [1.29, 1.82) is 0 Å². The van der Waals surface area contributed by atoms with E-state index in [9.17, 15) is 4.79 Å². The summed E-state index contributed by atoms with van der Waals surface area (Å²) in [4.78, 5) is 12.6. The highest BCUT2D eigenvalue weighted by molar-refractivity contribution is 8.00. The molecule has 0 saturated carbocycles. The van der Waals surface area contributed by atoms with Gasteiger partial charge in [0.2, 0.25) is 5.91 Å². The Labute approximate surface area is 163 Å². The third kappa shape index (κ3) is 4.49. The van der Waals surface area contributed by atoms with Crippen molar-refractivity contribution in [2.75, 3.05) is 12.4 Å². The topological polar surface area (TPSA) is 69.0 Å². The minimum Gasteiger partial charge on any atom is -0.497 e. The van der Waals surface area contributed by atoms with Crippen molar-refractivity contribution in [2.24, 2.45) is 0 Å². The summed E-state index contributed by atoms with van der Waals surface area (Å²) in [5.41, 5.74) is 1.71. The monoisotopic (exact) mass is 382 g/mol. The molecule has 1 amide bonds. The van der Waals surface area contributed by atoms with Crippen LogP contribution < -0.4 is 10.1 Å². The largest absolute Gasteiger partial charge is 0.497 e. The number of hydrogen-bond donors (Lipinski definition) is 1. The summed E-state index contributed by atoms with van der Waals surface area (Å²) in [6.07, 6.45) is 0. The van der Waals surface area contributed by atoms with Gasteiger partial charge < -0.3 is 14.6 Å². The summed E-state index contributed by atoms with van der Waals surface area (Å²) in [7, 11) is 1.60. The average molecular weight is 382 g/mol. The van der Waals surface area contributed by atoms with Crippen molar-refractivity contribution >= 4 is 23.4 Å². The lowest BCUT2D eigenvalue weighted by atomic mass is 10.2. The number of anilines is 1. The SMILES string of the molecule is CCn1c(S[C@@H](C)C(=O)Nc2cccc(OC)c2)nnc1-c1ccccc1. The van der Waals surface area contributed by atoms with Crippen molar-refractivity contribution in [3.8, 4) is 17.1 Å². The first-order chi connectivity index (χ1) is 13.1. The molecule has 0 fully saturated rings. The number of nitrogens with zero attached hydrogens (tertiary/aromatic N) is 3. The molecule has 3 rings (SSSR count). The maximum Gasteiger partial charge on any atom is 0.237 e. The van der Waals surface area contributed by atoms with Crippen LogP contribution in [0, 0.1) is 0 Å². The highest BCUT2D eigenvalue weighted by Crippen LogP contribution is 2.27. The predicted octanol–water partition coefficient (Wildman–Crippen LogP) is 4.09. The Morgan fingerprint density at radius 3 is 2.67 bits per heavy atom. The van der Waals surface area contributed by atoms with E-state index in [0.29, 0.717) is 11.4 Å². The molecule has 27 heavy (non-hydrogen) atoms. The zero-order valence-electron chi connectivity index (χ0n) is 15.5. The number of nitrogens with one attached hydrogen (secondary N) is 1. The fourth-order valence-corrected chi connectivity index (χ4v) is 3.53. The number of methoxy groups -OCH3 is 1. The quantitative estimate of drug-likeness (QED) is 0.623. The van der Waals surface area contributed by atoms with Gasteiger partial charge in [-0.1, -0.05) is 48.2 Å². The van der Waals surface area contributed by atoms with E-state index in [-0.39, 0.29) is 11.2 Å². The maximum absolute atomic E-state index is 12.6. The van der Waals surface area contributed by atoms with Gasteiger partial charge in [0.1, 0.15) is 5.75 Å². The second-order valence-electron chi connectivity index (χ2n) is 5.90. The van der Waals surface area contributed by atoms with Crippen LogP contribution >= 0.6 is 11.8 Å². The lowest BCUT2D eigenvalue weighted by Gasteiger charge is -2.13. The Balaban J connectivity index is 1.72. The van der Waals surface area contributed by atoms with Crippen LogP contribution in [0.4, 0.5) is 5.69 Å². The number of amides is 1. The number of carbonyl (C=O) groups is 1. The molecule has 1 aromatic heterocycles. The minimum atomic E-state index is -0.325. The molecular formula is C20H22N4O2S. The molecule has 0 unspecified atom stereocenters. The molecule has 1 atom stereocenters. The molecule has 3 aromatic rings. The maximum atomic E-state index is 12.6. The normalized spacial score (nSPS) is 11.8. The number of hydrogen-bond acceptors (Lipinski definition) is 5. The number of aromatic nitrogens is 3. The molecule has 0 aliphatic heterocycles. The van der Waals surface area contributed by atoms with E-state index in [4.69, 9.17) is 4.74 Å². The van der Waals surface area contributed by atoms with Crippen LogP contribution in [-0.4, -0.2) is 33.0 Å². The number of ether oxygens (including phenoxy) is 1. The molecule has 0 spiro atoms. The molecule has 7 heteroatoms. The molecule has 0 bridgehead atoms. The van der Waals surface area contributed by atoms with E-state index in [2.05, 4.69) is 15.5 Å². The molecule has 0 radical (unpaired) electrons. The first kappa shape index (κ1) is 19.0. The van der Waals surface area contributed by atoms with E-state index in [0.717, 1.165) is 23.1 Å². The molecule has 6 nitrogen and oxygen atoms in total. The molecule has 2 aromatic carbocycles. The van der Waals surface area contributed by atoms with Gasteiger partial charge in [-0.15, -0.1) is 10.2 Å². The number of carbonyl (C=O) groups excluding carboxylic acids is 1. The Bertz CT molecular complexity index is 911. The summed E-state index contributed by atoms with van der Waals surface area (Å²) in [5, 5.41) is 11.9. The summed E-state index contributed by atoms with van der Waals surface area (Å²) >= 11 is 1.39. The van der Waals surface area contributed by atoms with Crippen LogP contribution in [0.25, 0.3) is 11.4 Å². The third-order valence-electron chi connectivity index (χ3n) is 4.05. The van der Waals surface area contributed by atoms with Gasteiger partial charge in [-0.3, -0.25) is 4.79 Å². The van der Waals surface area contributed by atoms with Crippen LogP contribution in [0.15, 0.2) is 59.8 Å². The molecule has 0 saturated heterocycles. The van der Waals surface area contributed by atoms with E-state index in [1.165, 1.54) is 11.8 Å². The molecule has 1 heterocycles. The average Bonchev–Trinajstić information content (AvgIpc) is 3.11. The Morgan fingerprint density at radius 2 is 1.96 bits per heavy atom. The standard InChI is InChI=1S/C20H22N4O2S/c1-4-24-18(15-9-6-5-7-10-15)22-23-20(24)27-14(2)19(25)21-16-11-8-12-17(13-16)26-3/h5-14H,4H2,1-3H3,(H,21,25)/t14-/m0/s1. The van der Waals surface area contributed by atoms with Crippen LogP contribution in [0.1, 0.15) is 13.8 Å². The van der Waals surface area contributed by atoms with Crippen molar-refractivity contribution in [2.45, 2.75) is 30.8 Å². The molecule has 140 valence electrons. The van der Waals surface area contributed by atoms with Gasteiger partial charge in [-0.2, -0.15) is 0 Å². The lowest BCUT2D eigenvalue weighted by Crippen LogP contribution is -2.23. The number of thioether (sulfide) groups is 1. The Kier molecular flexibility index (Phi) is 6.13. The van der Waals surface area contributed by atoms with Crippen molar-refractivity contribution in [1.82, 2.24) is 14.8 Å². The first-order valence-electron chi connectivity index (χ1n) is 8.72. The van der Waals surface area contributed by atoms with E-state index < -0.39 is 0 Å². The van der Waals surface area contributed by atoms with Gasteiger partial charge in [-0.25, -0.2) is 0 Å². The van der Waals surface area contributed by atoms with E-state index in [1.807, 2.05) is 66.9 Å². The molecule has 0 aliphatic carbocycles. The lowest BCUT2D eigenvalue weighted by molar-refractivity contribution is -0.115. The minimum absolute atomic E-state index is 0.0971. The summed E-state index contributed by atoms with van der Waals surface area (Å²) in [5.74, 6) is 1.41. The van der Waals surface area contributed by atoms with Gasteiger partial charge in [0, 0.05) is 23.9 Å². The fourth-order valence-electron chi connectivity index (χ4n) is 2.62. The predicted molar refractivity (Wildman–Crippen MR) is 108 cm³/mol. The molecule has 0 aliphatic rings. The number of benzene rings is 2. The number of rotatable bonds is 7. The van der Waals surface area contributed by atoms with Crippen LogP contribution in [0.3, 0.4) is 0 Å². The van der Waals surface area contributed by atoms with Gasteiger partial charge in [-0.05, 0) is 26.0 Å². The van der Waals surface area contributed by atoms with Crippen LogP contribution in [-0.2, 0) is 11.3 Å². The first-order valence-corrected chi connectivity index (χ1v) is 9.60. The summed E-state index contributed by atoms with van der Waals surface area (Å²) < 4.78 is 7.21. The van der Waals surface area contributed by atoms with Crippen molar-refractivity contribution in [3.05, 3.63) is 54.6 Å². The summed E-state index contributed by atoms with van der Waals surface area (Å²) in [6, 6.07) is 17.2. The van der Waals surface area contributed by atoms with Gasteiger partial charge in [0.25, 0.3) is 0 Å². The van der Waals surface area contributed by atoms with Gasteiger partial charge in [0.15, 0.2) is 11.0 Å². The second-order valence-corrected chi connectivity index (χ2v) is 7.21. The highest BCUT2D eigenvalue weighted by Gasteiger charge is 2.20. The van der Waals surface area contributed by atoms with Crippen molar-refractivity contribution in [3.63, 3.8) is 0 Å². The third-order valence-corrected chi connectivity index (χ3v) is 5.13. The zero-order chi connectivity index (χ0) is 19.2.